The molecule has 1 saturated heterocycles. The highest BCUT2D eigenvalue weighted by atomic mass is 16.8. The summed E-state index contributed by atoms with van der Waals surface area (Å²) in [4.78, 5) is 15.7. The Morgan fingerprint density at radius 3 is 2.45 bits per heavy atom. The lowest BCUT2D eigenvalue weighted by Crippen LogP contribution is -2.36. The van der Waals surface area contributed by atoms with Crippen LogP contribution in [0, 0.1) is 11.8 Å². The van der Waals surface area contributed by atoms with E-state index < -0.39 is 11.7 Å². The Hall–Kier alpha value is -0.610. The standard InChI is InChI=1S/C7H13NO3/c1-4(2)5-6(9)8-11-7(5,3)10/h4-5,10H,1-3H3,(H,8,9). The normalized spacial score (nSPS) is 37.9. The molecular formula is C7H13NO3. The average molecular weight is 159 g/mol. The molecule has 0 bridgehead atoms. The van der Waals surface area contributed by atoms with E-state index in [4.69, 9.17) is 0 Å². The summed E-state index contributed by atoms with van der Waals surface area (Å²) < 4.78 is 0. The van der Waals surface area contributed by atoms with E-state index in [1.54, 1.807) is 0 Å². The molecule has 4 heteroatoms. The predicted octanol–water partition coefficient (Wildman–Crippen LogP) is 0.0285. The first-order valence-electron chi connectivity index (χ1n) is 3.65. The molecule has 2 N–H and O–H groups in total. The van der Waals surface area contributed by atoms with Crippen LogP contribution >= 0.6 is 0 Å². The Bertz CT molecular complexity index is 177. The molecule has 1 amide bonds. The summed E-state index contributed by atoms with van der Waals surface area (Å²) in [6.07, 6.45) is 0. The lowest BCUT2D eigenvalue weighted by atomic mass is 9.89. The number of hydrogen-bond donors (Lipinski definition) is 2. The van der Waals surface area contributed by atoms with Crippen molar-refractivity contribution in [2.24, 2.45) is 11.8 Å². The maximum Gasteiger partial charge on any atom is 0.252 e. The molecule has 1 heterocycles. The molecule has 0 aliphatic carbocycles. The van der Waals surface area contributed by atoms with Crippen molar-refractivity contribution in [2.75, 3.05) is 0 Å². The molecule has 11 heavy (non-hydrogen) atoms. The Morgan fingerprint density at radius 1 is 1.73 bits per heavy atom. The largest absolute Gasteiger partial charge is 0.363 e. The summed E-state index contributed by atoms with van der Waals surface area (Å²) in [6.45, 7) is 5.22. The zero-order valence-electron chi connectivity index (χ0n) is 6.92. The molecule has 0 spiro atoms. The van der Waals surface area contributed by atoms with Crippen molar-refractivity contribution in [3.63, 3.8) is 0 Å². The quantitative estimate of drug-likeness (QED) is 0.567. The molecule has 1 aliphatic rings. The highest BCUT2D eigenvalue weighted by Crippen LogP contribution is 2.29. The first-order valence-corrected chi connectivity index (χ1v) is 3.65. The van der Waals surface area contributed by atoms with Gasteiger partial charge >= 0.3 is 0 Å². The van der Waals surface area contributed by atoms with Gasteiger partial charge in [0.25, 0.3) is 5.91 Å². The third-order valence-electron chi connectivity index (χ3n) is 1.88. The minimum absolute atomic E-state index is 0.0764. The van der Waals surface area contributed by atoms with Crippen LogP contribution in [0.1, 0.15) is 20.8 Å². The highest BCUT2D eigenvalue weighted by molar-refractivity contribution is 5.80. The van der Waals surface area contributed by atoms with Gasteiger partial charge in [-0.1, -0.05) is 13.8 Å². The van der Waals surface area contributed by atoms with Gasteiger partial charge in [-0.3, -0.25) is 4.79 Å². The van der Waals surface area contributed by atoms with Crippen LogP contribution in [0.5, 0.6) is 0 Å². The van der Waals surface area contributed by atoms with E-state index in [-0.39, 0.29) is 11.8 Å². The fourth-order valence-electron chi connectivity index (χ4n) is 1.45. The van der Waals surface area contributed by atoms with Crippen LogP contribution in [0.2, 0.25) is 0 Å². The van der Waals surface area contributed by atoms with Crippen molar-refractivity contribution in [1.29, 1.82) is 0 Å². The van der Waals surface area contributed by atoms with Crippen molar-refractivity contribution >= 4 is 5.91 Å². The number of hydroxylamine groups is 1. The smallest absolute Gasteiger partial charge is 0.252 e. The summed E-state index contributed by atoms with van der Waals surface area (Å²) in [5.74, 6) is -1.99. The third-order valence-corrected chi connectivity index (χ3v) is 1.88. The molecule has 2 unspecified atom stereocenters. The number of carbonyl (C=O) groups is 1. The fourth-order valence-corrected chi connectivity index (χ4v) is 1.45. The number of amides is 1. The Labute approximate surface area is 65.5 Å². The van der Waals surface area contributed by atoms with Gasteiger partial charge in [0, 0.05) is 0 Å². The van der Waals surface area contributed by atoms with Gasteiger partial charge in [0.05, 0.1) is 5.92 Å². The molecule has 1 aliphatic heterocycles. The monoisotopic (exact) mass is 159 g/mol. The van der Waals surface area contributed by atoms with Crippen LogP contribution in [0.4, 0.5) is 0 Å². The molecule has 2 atom stereocenters. The molecule has 0 aromatic rings. The minimum atomic E-state index is -1.36. The summed E-state index contributed by atoms with van der Waals surface area (Å²) in [7, 11) is 0. The SMILES string of the molecule is CC(C)C1C(=O)NOC1(C)O. The maximum absolute atomic E-state index is 11.0. The van der Waals surface area contributed by atoms with Crippen molar-refractivity contribution < 1.29 is 14.7 Å². The average Bonchev–Trinajstić information content (AvgIpc) is 2.06. The molecular weight excluding hydrogens is 146 g/mol. The van der Waals surface area contributed by atoms with Gasteiger partial charge in [-0.15, -0.1) is 0 Å². The summed E-state index contributed by atoms with van der Waals surface area (Å²) in [5.41, 5.74) is 2.15. The Kier molecular flexibility index (Phi) is 1.90. The van der Waals surface area contributed by atoms with E-state index in [0.717, 1.165) is 0 Å². The Morgan fingerprint density at radius 2 is 2.27 bits per heavy atom. The fraction of sp³-hybridized carbons (Fsp3) is 0.857. The van der Waals surface area contributed by atoms with Crippen LogP contribution in [-0.2, 0) is 9.63 Å². The van der Waals surface area contributed by atoms with Gasteiger partial charge in [-0.25, -0.2) is 10.3 Å². The van der Waals surface area contributed by atoms with Crippen LogP contribution < -0.4 is 5.48 Å². The highest BCUT2D eigenvalue weighted by Gasteiger charge is 2.47. The molecule has 0 aromatic heterocycles. The first kappa shape index (κ1) is 8.49. The van der Waals surface area contributed by atoms with Gasteiger partial charge in [0.1, 0.15) is 0 Å². The van der Waals surface area contributed by atoms with E-state index in [2.05, 4.69) is 10.3 Å². The first-order chi connectivity index (χ1) is 4.95. The molecule has 4 nitrogen and oxygen atoms in total. The van der Waals surface area contributed by atoms with Crippen molar-refractivity contribution in [3.05, 3.63) is 0 Å². The van der Waals surface area contributed by atoms with Gasteiger partial charge in [0.15, 0.2) is 0 Å². The van der Waals surface area contributed by atoms with Crippen LogP contribution in [0.25, 0.3) is 0 Å². The maximum atomic E-state index is 11.0. The second kappa shape index (κ2) is 2.46. The molecule has 0 saturated carbocycles. The van der Waals surface area contributed by atoms with Gasteiger partial charge in [0.2, 0.25) is 5.79 Å². The van der Waals surface area contributed by atoms with Crippen LogP contribution in [0.3, 0.4) is 0 Å². The zero-order chi connectivity index (χ0) is 8.65. The summed E-state index contributed by atoms with van der Waals surface area (Å²) in [6, 6.07) is 0. The van der Waals surface area contributed by atoms with E-state index in [1.807, 2.05) is 13.8 Å². The number of nitrogens with one attached hydrogen (secondary N) is 1. The predicted molar refractivity (Wildman–Crippen MR) is 38.2 cm³/mol. The summed E-state index contributed by atoms with van der Waals surface area (Å²) >= 11 is 0. The second-order valence-electron chi connectivity index (χ2n) is 3.34. The topological polar surface area (TPSA) is 58.6 Å². The van der Waals surface area contributed by atoms with Gasteiger partial charge < -0.3 is 5.11 Å². The minimum Gasteiger partial charge on any atom is -0.363 e. The van der Waals surface area contributed by atoms with E-state index in [0.29, 0.717) is 0 Å². The zero-order valence-corrected chi connectivity index (χ0v) is 6.92. The van der Waals surface area contributed by atoms with E-state index in [9.17, 15) is 9.90 Å². The lowest BCUT2D eigenvalue weighted by Gasteiger charge is -2.22. The van der Waals surface area contributed by atoms with E-state index >= 15 is 0 Å². The third kappa shape index (κ3) is 1.36. The number of rotatable bonds is 1. The number of hydrogen-bond acceptors (Lipinski definition) is 3. The van der Waals surface area contributed by atoms with Crippen molar-refractivity contribution in [1.82, 2.24) is 5.48 Å². The van der Waals surface area contributed by atoms with Crippen LogP contribution in [0.15, 0.2) is 0 Å². The number of carbonyl (C=O) groups excluding carboxylic acids is 1. The number of aliphatic hydroxyl groups is 1. The lowest BCUT2D eigenvalue weighted by molar-refractivity contribution is -0.211. The molecule has 0 aromatic carbocycles. The molecule has 1 rings (SSSR count). The van der Waals surface area contributed by atoms with Crippen molar-refractivity contribution in [2.45, 2.75) is 26.6 Å². The van der Waals surface area contributed by atoms with Crippen LogP contribution in [-0.4, -0.2) is 16.8 Å². The van der Waals surface area contributed by atoms with Gasteiger partial charge in [-0.05, 0) is 12.8 Å². The molecule has 1 fully saturated rings. The second-order valence-corrected chi connectivity index (χ2v) is 3.34. The Balaban J connectivity index is 2.80. The van der Waals surface area contributed by atoms with Crippen molar-refractivity contribution in [3.8, 4) is 0 Å². The van der Waals surface area contributed by atoms with Gasteiger partial charge in [-0.2, -0.15) is 0 Å². The molecule has 0 radical (unpaired) electrons. The summed E-state index contributed by atoms with van der Waals surface area (Å²) in [5, 5.41) is 9.49. The van der Waals surface area contributed by atoms with E-state index in [1.165, 1.54) is 6.92 Å². The molecule has 64 valence electrons.